The molecule has 84 valence electrons. The van der Waals surface area contributed by atoms with Gasteiger partial charge in [-0.25, -0.2) is 4.98 Å². The third kappa shape index (κ3) is 3.13. The lowest BCUT2D eigenvalue weighted by molar-refractivity contribution is -0.135. The van der Waals surface area contributed by atoms with Crippen molar-refractivity contribution in [2.75, 3.05) is 25.1 Å². The molecule has 0 bridgehead atoms. The van der Waals surface area contributed by atoms with Gasteiger partial charge in [-0.2, -0.15) is 4.98 Å². The minimum atomic E-state index is -0.998. The first-order valence-corrected chi connectivity index (χ1v) is 4.44. The number of carboxylic acids is 1. The van der Waals surface area contributed by atoms with Crippen molar-refractivity contribution in [1.82, 2.24) is 9.97 Å². The van der Waals surface area contributed by atoms with Crippen LogP contribution < -0.4 is 9.64 Å². The highest BCUT2D eigenvalue weighted by Crippen LogP contribution is 2.11. The maximum atomic E-state index is 10.6. The molecule has 0 fully saturated rings. The van der Waals surface area contributed by atoms with Gasteiger partial charge in [0, 0.05) is 12.3 Å². The van der Waals surface area contributed by atoms with Gasteiger partial charge < -0.3 is 14.7 Å². The minimum absolute atomic E-state index is 0.124. The van der Waals surface area contributed by atoms with Gasteiger partial charge in [0.25, 0.3) is 0 Å². The Labute approximate surface area is 92.9 Å². The molecule has 6 nitrogen and oxygen atoms in total. The number of hydrogen-bond donors (Lipinski definition) is 1. The third-order valence-electron chi connectivity index (χ3n) is 1.72. The zero-order valence-electron chi connectivity index (χ0n) is 8.75. The monoisotopic (exact) mass is 221 g/mol. The molecule has 1 aromatic rings. The van der Waals surface area contributed by atoms with E-state index in [0.29, 0.717) is 5.88 Å². The standard InChI is InChI=1S/C10H11N3O3/c1-3-6-13(7-9(14)15)10-11-5-4-8(12-10)16-2/h1,4-5H,6-7H2,2H3,(H,14,15). The Balaban J connectivity index is 2.91. The predicted molar refractivity (Wildman–Crippen MR) is 57.3 cm³/mol. The molecule has 0 aliphatic heterocycles. The third-order valence-corrected chi connectivity index (χ3v) is 1.72. The van der Waals surface area contributed by atoms with E-state index in [1.807, 2.05) is 0 Å². The first-order valence-electron chi connectivity index (χ1n) is 4.44. The summed E-state index contributed by atoms with van der Waals surface area (Å²) in [7, 11) is 1.47. The lowest BCUT2D eigenvalue weighted by atomic mass is 10.5. The number of rotatable bonds is 5. The molecule has 0 saturated carbocycles. The second-order valence-corrected chi connectivity index (χ2v) is 2.85. The SMILES string of the molecule is C#CCN(CC(=O)O)c1nccc(OC)n1. The molecule has 6 heteroatoms. The zero-order chi connectivity index (χ0) is 12.0. The van der Waals surface area contributed by atoms with Crippen LogP contribution in [0.2, 0.25) is 0 Å². The summed E-state index contributed by atoms with van der Waals surface area (Å²) in [4.78, 5) is 19.9. The summed E-state index contributed by atoms with van der Waals surface area (Å²) >= 11 is 0. The van der Waals surface area contributed by atoms with Gasteiger partial charge in [-0.15, -0.1) is 6.42 Å². The molecule has 0 aliphatic rings. The van der Waals surface area contributed by atoms with Crippen LogP contribution in [0, 0.1) is 12.3 Å². The van der Waals surface area contributed by atoms with E-state index in [1.54, 1.807) is 6.07 Å². The Morgan fingerprint density at radius 3 is 3.06 bits per heavy atom. The van der Waals surface area contributed by atoms with Gasteiger partial charge in [0.15, 0.2) is 0 Å². The molecule has 0 radical (unpaired) electrons. The van der Waals surface area contributed by atoms with E-state index in [1.165, 1.54) is 18.2 Å². The van der Waals surface area contributed by atoms with E-state index < -0.39 is 5.97 Å². The van der Waals surface area contributed by atoms with Gasteiger partial charge in [-0.3, -0.25) is 4.79 Å². The predicted octanol–water partition coefficient (Wildman–Crippen LogP) is 0.00940. The number of terminal acetylenes is 1. The average molecular weight is 221 g/mol. The largest absolute Gasteiger partial charge is 0.481 e. The minimum Gasteiger partial charge on any atom is -0.481 e. The number of carboxylic acid groups (broad SMARTS) is 1. The lowest BCUT2D eigenvalue weighted by Crippen LogP contribution is -2.31. The number of methoxy groups -OCH3 is 1. The molecular weight excluding hydrogens is 210 g/mol. The van der Waals surface area contributed by atoms with Gasteiger partial charge in [0.05, 0.1) is 13.7 Å². The maximum absolute atomic E-state index is 10.6. The molecule has 16 heavy (non-hydrogen) atoms. The van der Waals surface area contributed by atoms with Crippen molar-refractivity contribution < 1.29 is 14.6 Å². The summed E-state index contributed by atoms with van der Waals surface area (Å²) in [5, 5.41) is 8.70. The van der Waals surface area contributed by atoms with Crippen molar-refractivity contribution in [2.24, 2.45) is 0 Å². The van der Waals surface area contributed by atoms with E-state index in [9.17, 15) is 4.79 Å². The molecule has 1 rings (SSSR count). The molecule has 0 atom stereocenters. The summed E-state index contributed by atoms with van der Waals surface area (Å²) in [6, 6.07) is 1.57. The Bertz CT molecular complexity index is 414. The number of ether oxygens (including phenoxy) is 1. The van der Waals surface area contributed by atoms with E-state index in [0.717, 1.165) is 0 Å². The summed E-state index contributed by atoms with van der Waals surface area (Å²) < 4.78 is 4.91. The van der Waals surface area contributed by atoms with E-state index in [-0.39, 0.29) is 19.0 Å². The Morgan fingerprint density at radius 1 is 1.75 bits per heavy atom. The number of anilines is 1. The summed E-state index contributed by atoms with van der Waals surface area (Å²) in [6.07, 6.45) is 6.62. The van der Waals surface area contributed by atoms with Crippen LogP contribution in [0.25, 0.3) is 0 Å². The van der Waals surface area contributed by atoms with Crippen molar-refractivity contribution >= 4 is 11.9 Å². The average Bonchev–Trinajstić information content (AvgIpc) is 2.28. The first kappa shape index (κ1) is 11.8. The van der Waals surface area contributed by atoms with Crippen LogP contribution in [0.3, 0.4) is 0 Å². The second kappa shape index (κ2) is 5.56. The van der Waals surface area contributed by atoms with Crippen molar-refractivity contribution in [3.05, 3.63) is 12.3 Å². The summed E-state index contributed by atoms with van der Waals surface area (Å²) in [5.74, 6) is 1.95. The summed E-state index contributed by atoms with van der Waals surface area (Å²) in [5.41, 5.74) is 0. The molecule has 0 unspecified atom stereocenters. The molecule has 0 saturated heterocycles. The zero-order valence-corrected chi connectivity index (χ0v) is 8.75. The van der Waals surface area contributed by atoms with Gasteiger partial charge in [-0.1, -0.05) is 5.92 Å². The Kier molecular flexibility index (Phi) is 4.09. The molecule has 1 heterocycles. The van der Waals surface area contributed by atoms with Crippen molar-refractivity contribution in [1.29, 1.82) is 0 Å². The molecule has 0 aromatic carbocycles. The normalized spacial score (nSPS) is 9.25. The number of aromatic nitrogens is 2. The van der Waals surface area contributed by atoms with Crippen LogP contribution in [-0.2, 0) is 4.79 Å². The van der Waals surface area contributed by atoms with E-state index >= 15 is 0 Å². The Morgan fingerprint density at radius 2 is 2.50 bits per heavy atom. The van der Waals surface area contributed by atoms with Crippen LogP contribution in [-0.4, -0.2) is 41.2 Å². The fraction of sp³-hybridized carbons (Fsp3) is 0.300. The molecule has 1 N–H and O–H groups in total. The fourth-order valence-corrected chi connectivity index (χ4v) is 1.07. The highest BCUT2D eigenvalue weighted by Gasteiger charge is 2.12. The smallest absolute Gasteiger partial charge is 0.323 e. The van der Waals surface area contributed by atoms with Crippen LogP contribution in [0.1, 0.15) is 0 Å². The molecule has 1 aromatic heterocycles. The number of aliphatic carboxylic acids is 1. The summed E-state index contributed by atoms with van der Waals surface area (Å²) in [6.45, 7) is -0.128. The van der Waals surface area contributed by atoms with Crippen LogP contribution >= 0.6 is 0 Å². The highest BCUT2D eigenvalue weighted by atomic mass is 16.5. The topological polar surface area (TPSA) is 75.6 Å². The number of carbonyl (C=O) groups is 1. The van der Waals surface area contributed by atoms with Gasteiger partial charge >= 0.3 is 5.97 Å². The maximum Gasteiger partial charge on any atom is 0.323 e. The van der Waals surface area contributed by atoms with Crippen LogP contribution in [0.15, 0.2) is 12.3 Å². The van der Waals surface area contributed by atoms with Crippen LogP contribution in [0.4, 0.5) is 5.95 Å². The first-order chi connectivity index (χ1) is 7.67. The van der Waals surface area contributed by atoms with E-state index in [2.05, 4.69) is 15.9 Å². The second-order valence-electron chi connectivity index (χ2n) is 2.85. The van der Waals surface area contributed by atoms with Gasteiger partial charge in [-0.05, 0) is 0 Å². The van der Waals surface area contributed by atoms with Gasteiger partial charge in [0.1, 0.15) is 6.54 Å². The van der Waals surface area contributed by atoms with Crippen LogP contribution in [0.5, 0.6) is 5.88 Å². The molecular formula is C10H11N3O3. The van der Waals surface area contributed by atoms with Crippen molar-refractivity contribution in [2.45, 2.75) is 0 Å². The van der Waals surface area contributed by atoms with E-state index in [4.69, 9.17) is 16.3 Å². The Hall–Kier alpha value is -2.29. The quantitative estimate of drug-likeness (QED) is 0.706. The number of hydrogen-bond acceptors (Lipinski definition) is 5. The van der Waals surface area contributed by atoms with Crippen molar-refractivity contribution in [3.63, 3.8) is 0 Å². The van der Waals surface area contributed by atoms with Gasteiger partial charge in [0.2, 0.25) is 11.8 Å². The fourth-order valence-electron chi connectivity index (χ4n) is 1.07. The molecule has 0 spiro atoms. The molecule has 0 aliphatic carbocycles. The lowest BCUT2D eigenvalue weighted by Gasteiger charge is -2.17. The number of nitrogens with zero attached hydrogens (tertiary/aromatic N) is 3. The highest BCUT2D eigenvalue weighted by molar-refractivity contribution is 5.72. The molecule has 0 amide bonds. The van der Waals surface area contributed by atoms with Crippen molar-refractivity contribution in [3.8, 4) is 18.2 Å².